The van der Waals surface area contributed by atoms with Crippen molar-refractivity contribution in [3.8, 4) is 0 Å². The molecular formula is C27H34N4O4S2. The Hall–Kier alpha value is -2.43. The predicted octanol–water partition coefficient (Wildman–Crippen LogP) is 4.23. The second-order valence-corrected chi connectivity index (χ2v) is 11.9. The SMILES string of the molecule is O=C(CCCn1c(SCC(=O)NC2CCCCC2)nc2c(sc3ccccc32)c1=O)NC[C@@H]1CCCO1. The lowest BCUT2D eigenvalue weighted by Crippen LogP contribution is -2.37. The zero-order valence-electron chi connectivity index (χ0n) is 21.0. The second-order valence-electron chi connectivity index (χ2n) is 9.86. The molecule has 1 saturated heterocycles. The number of hydrogen-bond donors (Lipinski definition) is 2. The number of benzene rings is 1. The molecule has 2 aromatic heterocycles. The van der Waals surface area contributed by atoms with Gasteiger partial charge in [-0.05, 0) is 38.2 Å². The fourth-order valence-corrected chi connectivity index (χ4v) is 7.05. The van der Waals surface area contributed by atoms with Crippen LogP contribution in [-0.2, 0) is 20.9 Å². The zero-order chi connectivity index (χ0) is 25.6. The maximum absolute atomic E-state index is 13.6. The van der Waals surface area contributed by atoms with E-state index in [4.69, 9.17) is 9.72 Å². The molecule has 10 heteroatoms. The van der Waals surface area contributed by atoms with Crippen LogP contribution in [0.25, 0.3) is 20.3 Å². The quantitative estimate of drug-likeness (QED) is 0.294. The van der Waals surface area contributed by atoms with Crippen LogP contribution in [0.1, 0.15) is 57.8 Å². The highest BCUT2D eigenvalue weighted by atomic mass is 32.2. The minimum atomic E-state index is -0.110. The van der Waals surface area contributed by atoms with Crippen molar-refractivity contribution in [2.45, 2.75) is 81.6 Å². The van der Waals surface area contributed by atoms with Gasteiger partial charge in [-0.25, -0.2) is 4.98 Å². The van der Waals surface area contributed by atoms with Gasteiger partial charge < -0.3 is 15.4 Å². The van der Waals surface area contributed by atoms with Gasteiger partial charge in [-0.3, -0.25) is 19.0 Å². The summed E-state index contributed by atoms with van der Waals surface area (Å²) in [6, 6.07) is 8.12. The van der Waals surface area contributed by atoms with Gasteiger partial charge in [-0.2, -0.15) is 0 Å². The Morgan fingerprint density at radius 3 is 2.76 bits per heavy atom. The minimum absolute atomic E-state index is 0.0264. The number of nitrogens with one attached hydrogen (secondary N) is 2. The molecule has 0 spiro atoms. The lowest BCUT2D eigenvalue weighted by Gasteiger charge is -2.22. The molecule has 3 heterocycles. The highest BCUT2D eigenvalue weighted by Gasteiger charge is 2.20. The molecule has 8 nitrogen and oxygen atoms in total. The van der Waals surface area contributed by atoms with Gasteiger partial charge in [0.05, 0.1) is 17.4 Å². The van der Waals surface area contributed by atoms with Crippen molar-refractivity contribution in [2.24, 2.45) is 0 Å². The first-order valence-electron chi connectivity index (χ1n) is 13.3. The molecule has 1 saturated carbocycles. The van der Waals surface area contributed by atoms with Crippen LogP contribution in [-0.4, -0.2) is 52.4 Å². The summed E-state index contributed by atoms with van der Waals surface area (Å²) >= 11 is 2.74. The molecule has 5 rings (SSSR count). The number of amides is 2. The van der Waals surface area contributed by atoms with Crippen molar-refractivity contribution in [1.29, 1.82) is 0 Å². The van der Waals surface area contributed by atoms with Crippen molar-refractivity contribution >= 4 is 55.2 Å². The highest BCUT2D eigenvalue weighted by molar-refractivity contribution is 7.99. The standard InChI is InChI=1S/C27H34N4O4S2/c32-22(28-16-19-10-7-15-35-19)13-6-14-31-26(34)25-24(20-11-4-5-12-21(20)37-25)30-27(31)36-17-23(33)29-18-8-2-1-3-9-18/h4-5,11-12,18-19H,1-3,6-10,13-17H2,(H,28,32)(H,29,33)/t19-/m0/s1. The lowest BCUT2D eigenvalue weighted by molar-refractivity contribution is -0.122. The summed E-state index contributed by atoms with van der Waals surface area (Å²) in [5.41, 5.74) is 0.576. The highest BCUT2D eigenvalue weighted by Crippen LogP contribution is 2.32. The maximum Gasteiger partial charge on any atom is 0.272 e. The van der Waals surface area contributed by atoms with Crippen molar-refractivity contribution < 1.29 is 14.3 Å². The first-order valence-corrected chi connectivity index (χ1v) is 15.1. The topological polar surface area (TPSA) is 102 Å². The molecule has 2 fully saturated rings. The van der Waals surface area contributed by atoms with E-state index in [1.165, 1.54) is 29.5 Å². The van der Waals surface area contributed by atoms with Crippen LogP contribution >= 0.6 is 23.1 Å². The second kappa shape index (κ2) is 12.4. The summed E-state index contributed by atoms with van der Waals surface area (Å²) in [7, 11) is 0. The third-order valence-corrected chi connectivity index (χ3v) is 9.21. The molecule has 0 bridgehead atoms. The largest absolute Gasteiger partial charge is 0.376 e. The molecular weight excluding hydrogens is 508 g/mol. The predicted molar refractivity (Wildman–Crippen MR) is 148 cm³/mol. The molecule has 0 radical (unpaired) electrons. The Labute approximate surface area is 224 Å². The maximum atomic E-state index is 13.6. The fraction of sp³-hybridized carbons (Fsp3) is 0.556. The number of rotatable bonds is 10. The van der Waals surface area contributed by atoms with Crippen molar-refractivity contribution in [3.63, 3.8) is 0 Å². The number of ether oxygens (including phenoxy) is 1. The van der Waals surface area contributed by atoms with Gasteiger partial charge in [-0.1, -0.05) is 49.2 Å². The first kappa shape index (κ1) is 26.2. The number of hydrogen-bond acceptors (Lipinski definition) is 7. The lowest BCUT2D eigenvalue weighted by atomic mass is 9.95. The summed E-state index contributed by atoms with van der Waals surface area (Å²) in [5, 5.41) is 7.57. The Morgan fingerprint density at radius 2 is 1.95 bits per heavy atom. The van der Waals surface area contributed by atoms with Crippen LogP contribution in [0.5, 0.6) is 0 Å². The molecule has 1 atom stereocenters. The van der Waals surface area contributed by atoms with Gasteiger partial charge in [0.2, 0.25) is 11.8 Å². The normalized spacial score (nSPS) is 18.4. The van der Waals surface area contributed by atoms with Crippen molar-refractivity contribution in [1.82, 2.24) is 20.2 Å². The number of carbonyl (C=O) groups is 2. The van der Waals surface area contributed by atoms with Crippen LogP contribution in [0, 0.1) is 0 Å². The van der Waals surface area contributed by atoms with Gasteiger partial charge >= 0.3 is 0 Å². The summed E-state index contributed by atoms with van der Waals surface area (Å²) in [5.74, 6) is 0.139. The molecule has 3 aromatic rings. The molecule has 1 aliphatic carbocycles. The van der Waals surface area contributed by atoms with E-state index in [9.17, 15) is 14.4 Å². The number of carbonyl (C=O) groups excluding carboxylic acids is 2. The number of aromatic nitrogens is 2. The van der Waals surface area contributed by atoms with Gasteiger partial charge in [-0.15, -0.1) is 11.3 Å². The third kappa shape index (κ3) is 6.53. The molecule has 2 N–H and O–H groups in total. The molecule has 37 heavy (non-hydrogen) atoms. The monoisotopic (exact) mass is 542 g/mol. The minimum Gasteiger partial charge on any atom is -0.376 e. The van der Waals surface area contributed by atoms with Crippen LogP contribution in [0.2, 0.25) is 0 Å². The molecule has 2 aliphatic rings. The van der Waals surface area contributed by atoms with E-state index < -0.39 is 0 Å². The number of nitrogens with zero attached hydrogens (tertiary/aromatic N) is 2. The molecule has 0 unspecified atom stereocenters. The van der Waals surface area contributed by atoms with Crippen molar-refractivity contribution in [3.05, 3.63) is 34.6 Å². The van der Waals surface area contributed by atoms with Crippen LogP contribution in [0.4, 0.5) is 0 Å². The molecule has 1 aromatic carbocycles. The van der Waals surface area contributed by atoms with Crippen LogP contribution in [0.15, 0.2) is 34.2 Å². The Bertz CT molecular complexity index is 1310. The summed E-state index contributed by atoms with van der Waals surface area (Å²) < 4.78 is 8.83. The molecule has 2 amide bonds. The first-order chi connectivity index (χ1) is 18.1. The Kier molecular flexibility index (Phi) is 8.78. The number of thiophene rings is 1. The van der Waals surface area contributed by atoms with E-state index in [2.05, 4.69) is 10.6 Å². The average Bonchev–Trinajstić information content (AvgIpc) is 3.56. The average molecular weight is 543 g/mol. The molecule has 198 valence electrons. The summed E-state index contributed by atoms with van der Waals surface area (Å²) in [6.45, 7) is 1.66. The number of thioether (sulfide) groups is 1. The van der Waals surface area contributed by atoms with E-state index in [0.717, 1.165) is 55.2 Å². The number of fused-ring (bicyclic) bond motifs is 3. The van der Waals surface area contributed by atoms with Crippen molar-refractivity contribution in [2.75, 3.05) is 18.9 Å². The van der Waals surface area contributed by atoms with Crippen LogP contribution in [0.3, 0.4) is 0 Å². The zero-order valence-corrected chi connectivity index (χ0v) is 22.6. The van der Waals surface area contributed by atoms with E-state index >= 15 is 0 Å². The summed E-state index contributed by atoms with van der Waals surface area (Å²) in [4.78, 5) is 43.5. The van der Waals surface area contributed by atoms with Gasteiger partial charge in [0.25, 0.3) is 5.56 Å². The van der Waals surface area contributed by atoms with E-state index in [1.54, 1.807) is 4.57 Å². The fourth-order valence-electron chi connectivity index (χ4n) is 5.13. The van der Waals surface area contributed by atoms with E-state index in [1.807, 2.05) is 24.3 Å². The molecule has 1 aliphatic heterocycles. The Balaban J connectivity index is 1.29. The van der Waals surface area contributed by atoms with E-state index in [-0.39, 0.29) is 35.3 Å². The van der Waals surface area contributed by atoms with Crippen LogP contribution < -0.4 is 16.2 Å². The van der Waals surface area contributed by atoms with Gasteiger partial charge in [0, 0.05) is 42.2 Å². The summed E-state index contributed by atoms with van der Waals surface area (Å²) in [6.07, 6.45) is 8.55. The third-order valence-electron chi connectivity index (χ3n) is 7.09. The van der Waals surface area contributed by atoms with Gasteiger partial charge in [0.1, 0.15) is 4.70 Å². The smallest absolute Gasteiger partial charge is 0.272 e. The van der Waals surface area contributed by atoms with Gasteiger partial charge in [0.15, 0.2) is 5.16 Å². The Morgan fingerprint density at radius 1 is 1.11 bits per heavy atom. The van der Waals surface area contributed by atoms with E-state index in [0.29, 0.717) is 41.3 Å².